The molecule has 0 saturated carbocycles. The first-order chi connectivity index (χ1) is 9.44. The Kier molecular flexibility index (Phi) is 4.26. The summed E-state index contributed by atoms with van der Waals surface area (Å²) in [4.78, 5) is 11.0. The minimum absolute atomic E-state index is 0.109. The molecule has 0 bridgehead atoms. The lowest BCUT2D eigenvalue weighted by molar-refractivity contribution is 0.0693. The highest BCUT2D eigenvalue weighted by Gasteiger charge is 2.25. The quantitative estimate of drug-likeness (QED) is 0.819. The summed E-state index contributed by atoms with van der Waals surface area (Å²) in [6, 6.07) is 3.43. The standard InChI is InChI=1S/C12H15NO6S/c1-18-11-3-2-9(6-10(11)12(14)15)20(16,17)13-8-4-5-19-7-8/h2-3,6,8,13H,4-5,7H2,1H3,(H,14,15). The van der Waals surface area contributed by atoms with Crippen molar-refractivity contribution in [3.8, 4) is 5.75 Å². The molecular weight excluding hydrogens is 286 g/mol. The smallest absolute Gasteiger partial charge is 0.339 e. The number of carbonyl (C=O) groups is 1. The highest BCUT2D eigenvalue weighted by atomic mass is 32.2. The molecule has 1 aromatic carbocycles. The molecule has 0 aromatic heterocycles. The van der Waals surface area contributed by atoms with Crippen molar-refractivity contribution in [2.45, 2.75) is 17.4 Å². The predicted octanol–water partition coefficient (Wildman–Crippen LogP) is 0.461. The third-order valence-corrected chi connectivity index (χ3v) is 4.48. The van der Waals surface area contributed by atoms with Gasteiger partial charge in [-0.05, 0) is 24.6 Å². The van der Waals surface area contributed by atoms with Crippen LogP contribution >= 0.6 is 0 Å². The van der Waals surface area contributed by atoms with Crippen molar-refractivity contribution in [3.05, 3.63) is 23.8 Å². The molecule has 1 saturated heterocycles. The van der Waals surface area contributed by atoms with Crippen LogP contribution in [0.2, 0.25) is 0 Å². The van der Waals surface area contributed by atoms with Crippen LogP contribution in [-0.2, 0) is 14.8 Å². The number of hydrogen-bond donors (Lipinski definition) is 2. The normalized spacial score (nSPS) is 18.9. The summed E-state index contributed by atoms with van der Waals surface area (Å²) in [7, 11) is -2.45. The fourth-order valence-corrected chi connectivity index (χ4v) is 3.22. The number of sulfonamides is 1. The van der Waals surface area contributed by atoms with Crippen LogP contribution < -0.4 is 9.46 Å². The highest BCUT2D eigenvalue weighted by Crippen LogP contribution is 2.23. The second kappa shape index (κ2) is 5.78. The van der Waals surface area contributed by atoms with Crippen molar-refractivity contribution in [2.75, 3.05) is 20.3 Å². The van der Waals surface area contributed by atoms with Gasteiger partial charge in [0.25, 0.3) is 0 Å². The Hall–Kier alpha value is -1.64. The van der Waals surface area contributed by atoms with E-state index in [0.717, 1.165) is 6.07 Å². The molecule has 1 aliphatic rings. The van der Waals surface area contributed by atoms with Gasteiger partial charge in [0.15, 0.2) is 0 Å². The average Bonchev–Trinajstić information content (AvgIpc) is 2.89. The number of nitrogens with one attached hydrogen (secondary N) is 1. The van der Waals surface area contributed by atoms with E-state index >= 15 is 0 Å². The Morgan fingerprint density at radius 2 is 2.25 bits per heavy atom. The lowest BCUT2D eigenvalue weighted by Gasteiger charge is -2.12. The van der Waals surface area contributed by atoms with Gasteiger partial charge in [-0.15, -0.1) is 0 Å². The van der Waals surface area contributed by atoms with Gasteiger partial charge in [-0.25, -0.2) is 17.9 Å². The number of benzene rings is 1. The number of carboxylic acids is 1. The molecule has 1 atom stereocenters. The summed E-state index contributed by atoms with van der Waals surface area (Å²) in [6.45, 7) is 0.831. The maximum Gasteiger partial charge on any atom is 0.339 e. The van der Waals surface area contributed by atoms with Gasteiger partial charge in [0.05, 0.1) is 18.6 Å². The molecule has 1 aromatic rings. The second-order valence-electron chi connectivity index (χ2n) is 4.35. The molecule has 0 amide bonds. The molecule has 1 fully saturated rings. The first-order valence-electron chi connectivity index (χ1n) is 5.95. The Morgan fingerprint density at radius 3 is 2.80 bits per heavy atom. The van der Waals surface area contributed by atoms with E-state index in [-0.39, 0.29) is 22.3 Å². The fourth-order valence-electron chi connectivity index (χ4n) is 1.94. The molecule has 0 radical (unpaired) electrons. The van der Waals surface area contributed by atoms with Gasteiger partial charge >= 0.3 is 5.97 Å². The van der Waals surface area contributed by atoms with E-state index in [1.807, 2.05) is 0 Å². The molecule has 2 rings (SSSR count). The number of hydrogen-bond acceptors (Lipinski definition) is 5. The lowest BCUT2D eigenvalue weighted by Crippen LogP contribution is -2.35. The summed E-state index contributed by atoms with van der Waals surface area (Å²) >= 11 is 0. The molecular formula is C12H15NO6S. The van der Waals surface area contributed by atoms with E-state index in [4.69, 9.17) is 14.6 Å². The molecule has 0 spiro atoms. The number of carboxylic acid groups (broad SMARTS) is 1. The van der Waals surface area contributed by atoms with E-state index in [9.17, 15) is 13.2 Å². The number of ether oxygens (including phenoxy) is 2. The van der Waals surface area contributed by atoms with E-state index < -0.39 is 16.0 Å². The van der Waals surface area contributed by atoms with Gasteiger partial charge in [0.1, 0.15) is 11.3 Å². The lowest BCUT2D eigenvalue weighted by atomic mass is 10.2. The van der Waals surface area contributed by atoms with Crippen molar-refractivity contribution in [1.82, 2.24) is 4.72 Å². The first-order valence-corrected chi connectivity index (χ1v) is 7.44. The van der Waals surface area contributed by atoms with E-state index in [0.29, 0.717) is 19.6 Å². The monoisotopic (exact) mass is 301 g/mol. The zero-order valence-electron chi connectivity index (χ0n) is 10.8. The minimum Gasteiger partial charge on any atom is -0.496 e. The fraction of sp³-hybridized carbons (Fsp3) is 0.417. The number of rotatable bonds is 5. The summed E-state index contributed by atoms with van der Waals surface area (Å²) in [5.74, 6) is -1.14. The average molecular weight is 301 g/mol. The van der Waals surface area contributed by atoms with Crippen molar-refractivity contribution < 1.29 is 27.8 Å². The minimum atomic E-state index is -3.77. The van der Waals surface area contributed by atoms with Crippen molar-refractivity contribution in [2.24, 2.45) is 0 Å². The van der Waals surface area contributed by atoms with Gasteiger partial charge in [0.2, 0.25) is 10.0 Å². The molecule has 8 heteroatoms. The Balaban J connectivity index is 2.31. The zero-order chi connectivity index (χ0) is 14.8. The van der Waals surface area contributed by atoms with Crippen molar-refractivity contribution in [3.63, 3.8) is 0 Å². The van der Waals surface area contributed by atoms with Crippen LogP contribution in [0.25, 0.3) is 0 Å². The molecule has 1 unspecified atom stereocenters. The molecule has 2 N–H and O–H groups in total. The Morgan fingerprint density at radius 1 is 1.50 bits per heavy atom. The molecule has 110 valence electrons. The van der Waals surface area contributed by atoms with Crippen LogP contribution in [0, 0.1) is 0 Å². The predicted molar refractivity (Wildman–Crippen MR) is 69.5 cm³/mol. The molecule has 1 aliphatic heterocycles. The second-order valence-corrected chi connectivity index (χ2v) is 6.06. The number of methoxy groups -OCH3 is 1. The summed E-state index contributed by atoms with van der Waals surface area (Å²) in [5.41, 5.74) is -0.196. The molecule has 20 heavy (non-hydrogen) atoms. The highest BCUT2D eigenvalue weighted by molar-refractivity contribution is 7.89. The maximum atomic E-state index is 12.2. The van der Waals surface area contributed by atoms with Crippen LogP contribution in [-0.4, -0.2) is 45.9 Å². The van der Waals surface area contributed by atoms with E-state index in [1.165, 1.54) is 19.2 Å². The van der Waals surface area contributed by atoms with Gasteiger partial charge in [-0.1, -0.05) is 0 Å². The first kappa shape index (κ1) is 14.8. The van der Waals surface area contributed by atoms with E-state index in [2.05, 4.69) is 4.72 Å². The zero-order valence-corrected chi connectivity index (χ0v) is 11.6. The maximum absolute atomic E-state index is 12.2. The topological polar surface area (TPSA) is 102 Å². The van der Waals surface area contributed by atoms with Crippen molar-refractivity contribution >= 4 is 16.0 Å². The van der Waals surface area contributed by atoms with E-state index in [1.54, 1.807) is 0 Å². The molecule has 7 nitrogen and oxygen atoms in total. The van der Waals surface area contributed by atoms with Crippen LogP contribution in [0.15, 0.2) is 23.1 Å². The Bertz CT molecular complexity index is 606. The van der Waals surface area contributed by atoms with Crippen LogP contribution in [0.4, 0.5) is 0 Å². The summed E-state index contributed by atoms with van der Waals surface area (Å²) < 4.78 is 36.8. The molecule has 1 heterocycles. The Labute approximate surface area is 116 Å². The van der Waals surface area contributed by atoms with Gasteiger partial charge in [0, 0.05) is 12.6 Å². The van der Waals surface area contributed by atoms with Gasteiger partial charge in [-0.3, -0.25) is 0 Å². The SMILES string of the molecule is COc1ccc(S(=O)(=O)NC2CCOC2)cc1C(=O)O. The van der Waals surface area contributed by atoms with Crippen LogP contribution in [0.3, 0.4) is 0 Å². The number of aromatic carboxylic acids is 1. The summed E-state index contributed by atoms with van der Waals surface area (Å²) in [6.07, 6.45) is 0.598. The van der Waals surface area contributed by atoms with Crippen LogP contribution in [0.1, 0.15) is 16.8 Å². The third kappa shape index (κ3) is 3.09. The summed E-state index contributed by atoms with van der Waals surface area (Å²) in [5, 5.41) is 9.06. The third-order valence-electron chi connectivity index (χ3n) is 2.96. The van der Waals surface area contributed by atoms with Gasteiger partial charge in [-0.2, -0.15) is 0 Å². The molecule has 0 aliphatic carbocycles. The largest absolute Gasteiger partial charge is 0.496 e. The van der Waals surface area contributed by atoms with Gasteiger partial charge < -0.3 is 14.6 Å². The van der Waals surface area contributed by atoms with Crippen LogP contribution in [0.5, 0.6) is 5.75 Å². The van der Waals surface area contributed by atoms with Crippen molar-refractivity contribution in [1.29, 1.82) is 0 Å².